The number of aryl methyl sites for hydroxylation is 1. The van der Waals surface area contributed by atoms with Crippen LogP contribution in [0.3, 0.4) is 0 Å². The minimum atomic E-state index is -0.00509. The fourth-order valence-corrected chi connectivity index (χ4v) is 2.06. The molecule has 0 bridgehead atoms. The van der Waals surface area contributed by atoms with Gasteiger partial charge in [0.25, 0.3) is 0 Å². The zero-order chi connectivity index (χ0) is 14.7. The first kappa shape index (κ1) is 14.2. The maximum absolute atomic E-state index is 12.3. The van der Waals surface area contributed by atoms with Crippen LogP contribution in [0, 0.1) is 13.8 Å². The van der Waals surface area contributed by atoms with Gasteiger partial charge in [0.2, 0.25) is 5.91 Å². The van der Waals surface area contributed by atoms with Crippen LogP contribution in [0.1, 0.15) is 24.1 Å². The zero-order valence-electron chi connectivity index (χ0n) is 12.1. The number of nitrogen functional groups attached to an aromatic ring is 1. The van der Waals surface area contributed by atoms with Gasteiger partial charge in [-0.2, -0.15) is 5.10 Å². The Morgan fingerprint density at radius 2 is 2.25 bits per heavy atom. The molecule has 0 spiro atoms. The van der Waals surface area contributed by atoms with Crippen molar-refractivity contribution in [3.63, 3.8) is 0 Å². The van der Waals surface area contributed by atoms with Crippen molar-refractivity contribution >= 4 is 11.6 Å². The number of aromatic nitrogens is 2. The molecule has 2 heterocycles. The summed E-state index contributed by atoms with van der Waals surface area (Å²) < 4.78 is 6.93. The zero-order valence-corrected chi connectivity index (χ0v) is 12.1. The Hall–Kier alpha value is -2.24. The van der Waals surface area contributed by atoms with E-state index in [1.54, 1.807) is 15.8 Å². The highest BCUT2D eigenvalue weighted by molar-refractivity contribution is 5.76. The van der Waals surface area contributed by atoms with Crippen LogP contribution in [0.4, 0.5) is 5.69 Å². The van der Waals surface area contributed by atoms with Gasteiger partial charge in [-0.25, -0.2) is 0 Å². The molecule has 0 aliphatic heterocycles. The van der Waals surface area contributed by atoms with Crippen molar-refractivity contribution in [1.29, 1.82) is 0 Å². The van der Waals surface area contributed by atoms with E-state index in [1.165, 1.54) is 0 Å². The highest BCUT2D eigenvalue weighted by atomic mass is 16.3. The summed E-state index contributed by atoms with van der Waals surface area (Å²) in [6.07, 6.45) is 1.61. The lowest BCUT2D eigenvalue weighted by Crippen LogP contribution is -2.33. The summed E-state index contributed by atoms with van der Waals surface area (Å²) in [5.41, 5.74) is 8.10. The fraction of sp³-hybridized carbons (Fsp3) is 0.429. The van der Waals surface area contributed by atoms with Crippen molar-refractivity contribution < 1.29 is 9.21 Å². The number of hydrogen-bond acceptors (Lipinski definition) is 4. The average molecular weight is 276 g/mol. The van der Waals surface area contributed by atoms with Crippen molar-refractivity contribution in [3.05, 3.63) is 35.5 Å². The molecule has 2 aromatic heterocycles. The smallest absolute Gasteiger partial charge is 0.244 e. The molecule has 0 atom stereocenters. The van der Waals surface area contributed by atoms with Crippen LogP contribution in [0.2, 0.25) is 0 Å². The molecule has 0 aliphatic carbocycles. The Balaban J connectivity index is 2.07. The molecular weight excluding hydrogens is 256 g/mol. The van der Waals surface area contributed by atoms with E-state index < -0.39 is 0 Å². The normalized spacial score (nSPS) is 10.8. The monoisotopic (exact) mass is 276 g/mol. The molecule has 20 heavy (non-hydrogen) atoms. The van der Waals surface area contributed by atoms with Crippen molar-refractivity contribution in [2.75, 3.05) is 12.3 Å². The lowest BCUT2D eigenvalue weighted by molar-refractivity contribution is -0.132. The van der Waals surface area contributed by atoms with Gasteiger partial charge >= 0.3 is 0 Å². The Morgan fingerprint density at radius 3 is 2.75 bits per heavy atom. The molecule has 0 unspecified atom stereocenters. The van der Waals surface area contributed by atoms with E-state index in [2.05, 4.69) is 5.10 Å². The first-order valence-corrected chi connectivity index (χ1v) is 6.62. The summed E-state index contributed by atoms with van der Waals surface area (Å²) in [5.74, 6) is 0.766. The predicted molar refractivity (Wildman–Crippen MR) is 75.9 cm³/mol. The molecule has 108 valence electrons. The molecule has 1 amide bonds. The van der Waals surface area contributed by atoms with Gasteiger partial charge in [-0.15, -0.1) is 0 Å². The van der Waals surface area contributed by atoms with Gasteiger partial charge in [-0.3, -0.25) is 9.48 Å². The van der Waals surface area contributed by atoms with Gasteiger partial charge < -0.3 is 15.1 Å². The Labute approximate surface area is 118 Å². The molecule has 0 saturated carbocycles. The van der Waals surface area contributed by atoms with E-state index in [0.717, 1.165) is 17.1 Å². The van der Waals surface area contributed by atoms with Crippen LogP contribution in [0.15, 0.2) is 22.8 Å². The van der Waals surface area contributed by atoms with Crippen LogP contribution in [-0.2, 0) is 17.9 Å². The summed E-state index contributed by atoms with van der Waals surface area (Å²) in [4.78, 5) is 14.1. The minimum absolute atomic E-state index is 0.00509. The number of anilines is 1. The first-order valence-electron chi connectivity index (χ1n) is 6.62. The highest BCUT2D eigenvalue weighted by Gasteiger charge is 2.17. The molecule has 0 aromatic carbocycles. The van der Waals surface area contributed by atoms with Crippen LogP contribution >= 0.6 is 0 Å². The van der Waals surface area contributed by atoms with Crippen LogP contribution in [-0.4, -0.2) is 27.1 Å². The van der Waals surface area contributed by atoms with Gasteiger partial charge in [0.1, 0.15) is 12.3 Å². The van der Waals surface area contributed by atoms with E-state index in [1.807, 2.05) is 32.9 Å². The van der Waals surface area contributed by atoms with E-state index >= 15 is 0 Å². The van der Waals surface area contributed by atoms with Crippen molar-refractivity contribution in [2.24, 2.45) is 0 Å². The number of nitrogens with zero attached hydrogens (tertiary/aromatic N) is 3. The maximum atomic E-state index is 12.3. The molecule has 2 aromatic rings. The van der Waals surface area contributed by atoms with Crippen molar-refractivity contribution in [2.45, 2.75) is 33.9 Å². The number of nitrogens with two attached hydrogens (primary N) is 1. The van der Waals surface area contributed by atoms with Gasteiger partial charge in [-0.1, -0.05) is 0 Å². The Kier molecular flexibility index (Phi) is 4.12. The number of hydrogen-bond donors (Lipinski definition) is 1. The molecule has 6 nitrogen and oxygen atoms in total. The van der Waals surface area contributed by atoms with Crippen molar-refractivity contribution in [3.8, 4) is 0 Å². The second-order valence-corrected chi connectivity index (χ2v) is 4.73. The van der Waals surface area contributed by atoms with Crippen LogP contribution in [0.5, 0.6) is 0 Å². The number of carbonyl (C=O) groups is 1. The lowest BCUT2D eigenvalue weighted by atomic mass is 10.3. The Bertz CT molecular complexity index is 587. The largest absolute Gasteiger partial charge is 0.467 e. The van der Waals surface area contributed by atoms with Gasteiger partial charge in [-0.05, 0) is 32.9 Å². The van der Waals surface area contributed by atoms with Gasteiger partial charge in [0, 0.05) is 6.54 Å². The SMILES string of the molecule is CCN(Cc1ccco1)C(=O)Cn1nc(C)c(N)c1C. The van der Waals surface area contributed by atoms with E-state index in [4.69, 9.17) is 10.2 Å². The maximum Gasteiger partial charge on any atom is 0.244 e. The summed E-state index contributed by atoms with van der Waals surface area (Å²) >= 11 is 0. The number of amides is 1. The third-order valence-corrected chi connectivity index (χ3v) is 3.38. The average Bonchev–Trinajstić information content (AvgIpc) is 3.01. The molecule has 0 aliphatic rings. The van der Waals surface area contributed by atoms with Crippen LogP contribution < -0.4 is 5.73 Å². The highest BCUT2D eigenvalue weighted by Crippen LogP contribution is 2.15. The predicted octanol–water partition coefficient (Wildman–Crippen LogP) is 1.72. The quantitative estimate of drug-likeness (QED) is 0.902. The Morgan fingerprint density at radius 1 is 1.50 bits per heavy atom. The molecule has 2 N–H and O–H groups in total. The molecule has 0 radical (unpaired) electrons. The van der Waals surface area contributed by atoms with Crippen LogP contribution in [0.25, 0.3) is 0 Å². The van der Waals surface area contributed by atoms with Gasteiger partial charge in [0.05, 0.1) is 29.9 Å². The fourth-order valence-electron chi connectivity index (χ4n) is 2.06. The number of rotatable bonds is 5. The lowest BCUT2D eigenvalue weighted by Gasteiger charge is -2.20. The van der Waals surface area contributed by atoms with Gasteiger partial charge in [0.15, 0.2) is 0 Å². The third kappa shape index (κ3) is 2.84. The topological polar surface area (TPSA) is 77.3 Å². The van der Waals surface area contributed by atoms with E-state index in [9.17, 15) is 4.79 Å². The summed E-state index contributed by atoms with van der Waals surface area (Å²) in [6, 6.07) is 3.67. The van der Waals surface area contributed by atoms with E-state index in [-0.39, 0.29) is 12.5 Å². The molecule has 2 rings (SSSR count). The molecule has 0 fully saturated rings. The van der Waals surface area contributed by atoms with Crippen molar-refractivity contribution in [1.82, 2.24) is 14.7 Å². The first-order chi connectivity index (χ1) is 9.52. The number of furan rings is 1. The summed E-state index contributed by atoms with van der Waals surface area (Å²) in [5, 5.41) is 4.28. The summed E-state index contributed by atoms with van der Waals surface area (Å²) in [7, 11) is 0. The summed E-state index contributed by atoms with van der Waals surface area (Å²) in [6.45, 7) is 6.93. The second kappa shape index (κ2) is 5.81. The second-order valence-electron chi connectivity index (χ2n) is 4.73. The minimum Gasteiger partial charge on any atom is -0.467 e. The molecule has 0 saturated heterocycles. The number of carbonyl (C=O) groups excluding carboxylic acids is 1. The standard InChI is InChI=1S/C14H20N4O2/c1-4-17(8-12-6-5-7-20-12)13(19)9-18-11(3)14(15)10(2)16-18/h5-7H,4,8-9,15H2,1-3H3. The molecular formula is C14H20N4O2. The number of likely N-dealkylation sites (N-methyl/N-ethyl adjacent to an activating group) is 1. The third-order valence-electron chi connectivity index (χ3n) is 3.38. The van der Waals surface area contributed by atoms with E-state index in [0.29, 0.717) is 18.8 Å². The molecule has 6 heteroatoms.